The minimum Gasteiger partial charge on any atom is -0.455 e. The second kappa shape index (κ2) is 7.07. The summed E-state index contributed by atoms with van der Waals surface area (Å²) >= 11 is 0. The van der Waals surface area contributed by atoms with Crippen molar-refractivity contribution in [1.82, 2.24) is 9.29 Å². The molecule has 24 heavy (non-hydrogen) atoms. The highest BCUT2D eigenvalue weighted by Crippen LogP contribution is 2.31. The number of hydrogen-bond acceptors (Lipinski definition) is 7. The van der Waals surface area contributed by atoms with Gasteiger partial charge in [0.25, 0.3) is 5.89 Å². The van der Waals surface area contributed by atoms with Crippen LogP contribution in [0.3, 0.4) is 0 Å². The number of unbranched alkanes of at least 4 members (excludes halogenated alkanes) is 1. The molecule has 0 aliphatic rings. The van der Waals surface area contributed by atoms with Crippen molar-refractivity contribution in [2.45, 2.75) is 31.6 Å². The molecule has 0 saturated carbocycles. The SMILES string of the molecule is CCCCNc1oc(-c2cc(S(=O)(=O)N(C)C)c(C)o2)nc1C#N. The van der Waals surface area contributed by atoms with Gasteiger partial charge < -0.3 is 14.2 Å². The normalized spacial score (nSPS) is 11.7. The number of nitrogens with zero attached hydrogens (tertiary/aromatic N) is 3. The van der Waals surface area contributed by atoms with Crippen molar-refractivity contribution in [3.05, 3.63) is 17.5 Å². The van der Waals surface area contributed by atoms with Gasteiger partial charge in [-0.3, -0.25) is 0 Å². The van der Waals surface area contributed by atoms with Crippen LogP contribution in [0.4, 0.5) is 5.88 Å². The quantitative estimate of drug-likeness (QED) is 0.762. The Morgan fingerprint density at radius 2 is 2.08 bits per heavy atom. The lowest BCUT2D eigenvalue weighted by molar-refractivity contribution is 0.492. The van der Waals surface area contributed by atoms with E-state index in [1.807, 2.05) is 6.07 Å². The van der Waals surface area contributed by atoms with E-state index < -0.39 is 10.0 Å². The Morgan fingerprint density at radius 1 is 1.38 bits per heavy atom. The molecule has 0 aromatic carbocycles. The van der Waals surface area contributed by atoms with Crippen LogP contribution in [-0.4, -0.2) is 38.3 Å². The molecule has 0 saturated heterocycles. The highest BCUT2D eigenvalue weighted by Gasteiger charge is 2.26. The summed E-state index contributed by atoms with van der Waals surface area (Å²) in [6.45, 7) is 4.25. The largest absolute Gasteiger partial charge is 0.455 e. The first-order chi connectivity index (χ1) is 11.3. The molecule has 2 heterocycles. The number of nitriles is 1. The van der Waals surface area contributed by atoms with Crippen molar-refractivity contribution in [3.8, 4) is 17.7 Å². The molecule has 0 aliphatic carbocycles. The van der Waals surface area contributed by atoms with Crippen LogP contribution in [-0.2, 0) is 10.0 Å². The lowest BCUT2D eigenvalue weighted by Gasteiger charge is -2.09. The van der Waals surface area contributed by atoms with Gasteiger partial charge in [-0.25, -0.2) is 12.7 Å². The second-order valence-electron chi connectivity index (χ2n) is 5.41. The van der Waals surface area contributed by atoms with Gasteiger partial charge in [0.1, 0.15) is 16.7 Å². The van der Waals surface area contributed by atoms with Crippen molar-refractivity contribution in [3.63, 3.8) is 0 Å². The summed E-state index contributed by atoms with van der Waals surface area (Å²) < 4.78 is 36.6. The van der Waals surface area contributed by atoms with E-state index in [1.165, 1.54) is 20.2 Å². The Balaban J connectivity index is 2.38. The van der Waals surface area contributed by atoms with Crippen LogP contribution in [0.2, 0.25) is 0 Å². The number of anilines is 1. The number of hydrogen-bond donors (Lipinski definition) is 1. The van der Waals surface area contributed by atoms with E-state index in [0.717, 1.165) is 17.1 Å². The van der Waals surface area contributed by atoms with E-state index in [1.54, 1.807) is 6.92 Å². The highest BCUT2D eigenvalue weighted by atomic mass is 32.2. The predicted octanol–water partition coefficient (Wildman–Crippen LogP) is 2.58. The molecular formula is C15H20N4O4S. The first kappa shape index (κ1) is 18.0. The predicted molar refractivity (Wildman–Crippen MR) is 87.9 cm³/mol. The van der Waals surface area contributed by atoms with Gasteiger partial charge in [-0.15, -0.1) is 0 Å². The molecule has 0 spiro atoms. The molecule has 8 nitrogen and oxygen atoms in total. The molecular weight excluding hydrogens is 332 g/mol. The van der Waals surface area contributed by atoms with Gasteiger partial charge in [0.15, 0.2) is 5.76 Å². The highest BCUT2D eigenvalue weighted by molar-refractivity contribution is 7.89. The van der Waals surface area contributed by atoms with Crippen molar-refractivity contribution >= 4 is 15.9 Å². The van der Waals surface area contributed by atoms with Crippen molar-refractivity contribution < 1.29 is 17.3 Å². The molecule has 2 aromatic rings. The van der Waals surface area contributed by atoms with Crippen LogP contribution in [0.1, 0.15) is 31.2 Å². The lowest BCUT2D eigenvalue weighted by Crippen LogP contribution is -2.22. The Kier molecular flexibility index (Phi) is 5.31. The third-order valence-electron chi connectivity index (χ3n) is 3.39. The van der Waals surface area contributed by atoms with E-state index in [9.17, 15) is 8.42 Å². The van der Waals surface area contributed by atoms with Crippen molar-refractivity contribution in [2.75, 3.05) is 26.0 Å². The van der Waals surface area contributed by atoms with Gasteiger partial charge in [0.2, 0.25) is 21.6 Å². The zero-order valence-electron chi connectivity index (χ0n) is 14.1. The number of rotatable bonds is 7. The molecule has 0 unspecified atom stereocenters. The molecule has 0 fully saturated rings. The van der Waals surface area contributed by atoms with Crippen LogP contribution in [0.15, 0.2) is 19.8 Å². The Bertz CT molecular complexity index is 859. The van der Waals surface area contributed by atoms with Gasteiger partial charge in [-0.2, -0.15) is 10.2 Å². The van der Waals surface area contributed by atoms with Crippen LogP contribution in [0.5, 0.6) is 0 Å². The van der Waals surface area contributed by atoms with Crippen LogP contribution in [0, 0.1) is 18.3 Å². The first-order valence-electron chi connectivity index (χ1n) is 7.49. The maximum absolute atomic E-state index is 12.3. The summed E-state index contributed by atoms with van der Waals surface area (Å²) in [5.41, 5.74) is 0.104. The van der Waals surface area contributed by atoms with E-state index in [0.29, 0.717) is 6.54 Å². The summed E-state index contributed by atoms with van der Waals surface area (Å²) in [6, 6.07) is 3.30. The molecule has 2 rings (SSSR count). The maximum Gasteiger partial charge on any atom is 0.266 e. The fourth-order valence-corrected chi connectivity index (χ4v) is 3.08. The van der Waals surface area contributed by atoms with Crippen molar-refractivity contribution in [2.24, 2.45) is 0 Å². The summed E-state index contributed by atoms with van der Waals surface area (Å²) in [5.74, 6) is 0.713. The second-order valence-corrected chi connectivity index (χ2v) is 7.53. The van der Waals surface area contributed by atoms with Crippen LogP contribution in [0.25, 0.3) is 11.7 Å². The fraction of sp³-hybridized carbons (Fsp3) is 0.467. The first-order valence-corrected chi connectivity index (χ1v) is 8.93. The number of aromatic nitrogens is 1. The van der Waals surface area contributed by atoms with Crippen LogP contribution < -0.4 is 5.32 Å². The molecule has 1 N–H and O–H groups in total. The number of oxazole rings is 1. The van der Waals surface area contributed by atoms with E-state index in [-0.39, 0.29) is 33.9 Å². The summed E-state index contributed by atoms with van der Waals surface area (Å²) in [5, 5.41) is 12.2. The van der Waals surface area contributed by atoms with Gasteiger partial charge in [0, 0.05) is 26.7 Å². The minimum atomic E-state index is -3.63. The topological polar surface area (TPSA) is 112 Å². The third-order valence-corrected chi connectivity index (χ3v) is 5.31. The van der Waals surface area contributed by atoms with Gasteiger partial charge >= 0.3 is 0 Å². The number of sulfonamides is 1. The average molecular weight is 352 g/mol. The molecule has 0 bridgehead atoms. The molecule has 0 atom stereocenters. The van der Waals surface area contributed by atoms with Gasteiger partial charge in [-0.05, 0) is 13.3 Å². The molecule has 0 aliphatic heterocycles. The Hall–Kier alpha value is -2.31. The molecule has 0 amide bonds. The average Bonchev–Trinajstić information content (AvgIpc) is 3.11. The van der Waals surface area contributed by atoms with Gasteiger partial charge in [0.05, 0.1) is 0 Å². The smallest absolute Gasteiger partial charge is 0.266 e. The van der Waals surface area contributed by atoms with E-state index in [2.05, 4.69) is 17.2 Å². The standard InChI is InChI=1S/C15H20N4O4S/c1-5-6-7-17-14-11(9-16)18-15(23-14)12-8-13(10(2)22-12)24(20,21)19(3)4/h8,17H,5-7H2,1-4H3. The summed E-state index contributed by atoms with van der Waals surface area (Å²) in [4.78, 5) is 4.11. The van der Waals surface area contributed by atoms with Crippen LogP contribution >= 0.6 is 0 Å². The van der Waals surface area contributed by atoms with E-state index >= 15 is 0 Å². The van der Waals surface area contributed by atoms with Crippen molar-refractivity contribution in [1.29, 1.82) is 5.26 Å². The van der Waals surface area contributed by atoms with E-state index in [4.69, 9.17) is 14.1 Å². The Morgan fingerprint density at radius 3 is 2.67 bits per heavy atom. The molecule has 130 valence electrons. The lowest BCUT2D eigenvalue weighted by atomic mass is 10.3. The maximum atomic E-state index is 12.3. The van der Waals surface area contributed by atoms with Gasteiger partial charge in [-0.1, -0.05) is 13.3 Å². The third kappa shape index (κ3) is 3.44. The fourth-order valence-electron chi connectivity index (χ4n) is 2.02. The Labute approximate surface area is 141 Å². The number of aryl methyl sites for hydroxylation is 1. The number of furan rings is 1. The molecule has 0 radical (unpaired) electrons. The zero-order chi connectivity index (χ0) is 17.9. The summed E-state index contributed by atoms with van der Waals surface area (Å²) in [6.07, 6.45) is 1.92. The zero-order valence-corrected chi connectivity index (χ0v) is 14.9. The minimum absolute atomic E-state index is 0.0414. The summed E-state index contributed by atoms with van der Waals surface area (Å²) in [7, 11) is -0.750. The monoisotopic (exact) mass is 352 g/mol. The molecule has 9 heteroatoms. The molecule has 2 aromatic heterocycles. The number of nitrogens with one attached hydrogen (secondary N) is 1.